The predicted octanol–water partition coefficient (Wildman–Crippen LogP) is 17.6. The lowest BCUT2D eigenvalue weighted by molar-refractivity contribution is 0.660. The van der Waals surface area contributed by atoms with Gasteiger partial charge in [0, 0.05) is 22.4 Å². The van der Waals surface area contributed by atoms with Crippen LogP contribution in [0.15, 0.2) is 237 Å². The third kappa shape index (κ3) is 6.15. The Bertz CT molecular complexity index is 3560. The molecule has 1 aliphatic carbocycles. The summed E-state index contributed by atoms with van der Waals surface area (Å²) in [7, 11) is 0. The fourth-order valence-electron chi connectivity index (χ4n) is 10.5. The third-order valence-corrected chi connectivity index (χ3v) is 13.7. The maximum absolute atomic E-state index is 2.50. The second-order valence-corrected chi connectivity index (χ2v) is 17.6. The molecule has 0 radical (unpaired) electrons. The molecule has 0 aromatic heterocycles. The molecular formula is C63H45N. The fraction of sp³-hybridized carbons (Fsp3) is 0.0476. The summed E-state index contributed by atoms with van der Waals surface area (Å²) < 4.78 is 0. The van der Waals surface area contributed by atoms with Crippen LogP contribution in [0, 0.1) is 0 Å². The van der Waals surface area contributed by atoms with E-state index in [1.165, 1.54) is 88.0 Å². The van der Waals surface area contributed by atoms with E-state index < -0.39 is 0 Å². The first kappa shape index (κ1) is 37.7. The van der Waals surface area contributed by atoms with Crippen molar-refractivity contribution in [2.45, 2.75) is 19.3 Å². The van der Waals surface area contributed by atoms with E-state index in [-0.39, 0.29) is 5.41 Å². The van der Waals surface area contributed by atoms with Gasteiger partial charge in [-0.1, -0.05) is 208 Å². The summed E-state index contributed by atoms with van der Waals surface area (Å²) in [6.07, 6.45) is 0. The summed E-state index contributed by atoms with van der Waals surface area (Å²) in [6.45, 7) is 4.71. The average molecular weight is 816 g/mol. The lowest BCUT2D eigenvalue weighted by Crippen LogP contribution is -2.15. The van der Waals surface area contributed by atoms with Crippen LogP contribution in [0.3, 0.4) is 0 Å². The summed E-state index contributed by atoms with van der Waals surface area (Å²) in [4.78, 5) is 2.50. The summed E-state index contributed by atoms with van der Waals surface area (Å²) in [5.41, 5.74) is 18.1. The quantitative estimate of drug-likeness (QED) is 0.145. The second kappa shape index (κ2) is 15.1. The Hall–Kier alpha value is -8.00. The van der Waals surface area contributed by atoms with Crippen molar-refractivity contribution in [3.8, 4) is 55.6 Å². The molecule has 0 spiro atoms. The van der Waals surface area contributed by atoms with E-state index in [1.54, 1.807) is 0 Å². The summed E-state index contributed by atoms with van der Waals surface area (Å²) in [6, 6.07) is 87.5. The monoisotopic (exact) mass is 815 g/mol. The van der Waals surface area contributed by atoms with Gasteiger partial charge in [-0.25, -0.2) is 0 Å². The van der Waals surface area contributed by atoms with E-state index in [2.05, 4.69) is 255 Å². The molecule has 302 valence electrons. The maximum atomic E-state index is 2.50. The normalized spacial score (nSPS) is 12.7. The van der Waals surface area contributed by atoms with Crippen molar-refractivity contribution in [3.63, 3.8) is 0 Å². The van der Waals surface area contributed by atoms with Crippen LogP contribution in [0.1, 0.15) is 25.0 Å². The Balaban J connectivity index is 1.15. The van der Waals surface area contributed by atoms with Gasteiger partial charge in [-0.3, -0.25) is 0 Å². The minimum absolute atomic E-state index is 0.102. The Kier molecular flexibility index (Phi) is 8.91. The van der Waals surface area contributed by atoms with Gasteiger partial charge < -0.3 is 4.90 Å². The molecule has 1 heteroatoms. The summed E-state index contributed by atoms with van der Waals surface area (Å²) in [5.74, 6) is 0. The van der Waals surface area contributed by atoms with E-state index in [4.69, 9.17) is 0 Å². The molecule has 1 aliphatic rings. The van der Waals surface area contributed by atoms with Crippen LogP contribution < -0.4 is 4.90 Å². The standard InChI is InChI=1S/C63H45N/c1-63(2)60-31-16-15-29-54(60)59-39-48(36-37-61(59)63)64(47-34-32-45(33-35-47)50-30-17-24-42-22-9-11-25-49(42)50)62-41-55(43-18-5-3-6-19-43)58(40-56(62)44-20-7-4-8-21-44)57-38-46-23-10-12-26-51(46)52-27-13-14-28-53(52)57/h3-41H,1-2H3. The molecule has 11 aromatic rings. The van der Waals surface area contributed by atoms with Gasteiger partial charge >= 0.3 is 0 Å². The molecule has 0 aliphatic heterocycles. The summed E-state index contributed by atoms with van der Waals surface area (Å²) >= 11 is 0. The SMILES string of the molecule is CC1(C)c2ccccc2-c2cc(N(c3ccc(-c4cccc5ccccc45)cc3)c3cc(-c4ccccc4)c(-c4cc5ccccc5c5ccccc45)cc3-c3ccccc3)ccc21. The highest BCUT2D eigenvalue weighted by Gasteiger charge is 2.36. The molecule has 12 rings (SSSR count). The largest absolute Gasteiger partial charge is 0.310 e. The molecule has 0 heterocycles. The molecule has 0 bridgehead atoms. The van der Waals surface area contributed by atoms with Gasteiger partial charge in [-0.2, -0.15) is 0 Å². The van der Waals surface area contributed by atoms with Gasteiger partial charge in [0.25, 0.3) is 0 Å². The van der Waals surface area contributed by atoms with E-state index in [9.17, 15) is 0 Å². The number of hydrogen-bond donors (Lipinski definition) is 0. The van der Waals surface area contributed by atoms with Gasteiger partial charge in [0.15, 0.2) is 0 Å². The highest BCUT2D eigenvalue weighted by molar-refractivity contribution is 6.15. The molecule has 0 atom stereocenters. The number of benzene rings is 11. The minimum atomic E-state index is -0.102. The zero-order valence-electron chi connectivity index (χ0n) is 36.0. The van der Waals surface area contributed by atoms with Crippen LogP contribution in [0.4, 0.5) is 17.1 Å². The van der Waals surface area contributed by atoms with Crippen molar-refractivity contribution >= 4 is 49.4 Å². The smallest absolute Gasteiger partial charge is 0.0546 e. The van der Waals surface area contributed by atoms with E-state index >= 15 is 0 Å². The minimum Gasteiger partial charge on any atom is -0.310 e. The van der Waals surface area contributed by atoms with Crippen LogP contribution in [0.5, 0.6) is 0 Å². The molecule has 11 aromatic carbocycles. The number of rotatable bonds is 7. The number of fused-ring (bicyclic) bond motifs is 7. The van der Waals surface area contributed by atoms with Crippen LogP contribution in [-0.4, -0.2) is 0 Å². The molecule has 0 N–H and O–H groups in total. The van der Waals surface area contributed by atoms with E-state index in [0.717, 1.165) is 28.2 Å². The van der Waals surface area contributed by atoms with Gasteiger partial charge in [-0.05, 0) is 136 Å². The molecule has 0 amide bonds. The molecular weight excluding hydrogens is 771 g/mol. The van der Waals surface area contributed by atoms with Crippen molar-refractivity contribution in [2.75, 3.05) is 4.90 Å². The molecule has 64 heavy (non-hydrogen) atoms. The van der Waals surface area contributed by atoms with Crippen molar-refractivity contribution in [3.05, 3.63) is 248 Å². The van der Waals surface area contributed by atoms with Crippen LogP contribution >= 0.6 is 0 Å². The Labute approximate surface area is 375 Å². The molecule has 1 nitrogen and oxygen atoms in total. The van der Waals surface area contributed by atoms with E-state index in [0.29, 0.717) is 0 Å². The number of hydrogen-bond acceptors (Lipinski definition) is 1. The lowest BCUT2D eigenvalue weighted by Gasteiger charge is -2.31. The van der Waals surface area contributed by atoms with E-state index in [1.807, 2.05) is 0 Å². The van der Waals surface area contributed by atoms with Crippen molar-refractivity contribution in [2.24, 2.45) is 0 Å². The van der Waals surface area contributed by atoms with Gasteiger partial charge in [0.05, 0.1) is 5.69 Å². The fourth-order valence-corrected chi connectivity index (χ4v) is 10.5. The van der Waals surface area contributed by atoms with Gasteiger partial charge in [0.1, 0.15) is 0 Å². The second-order valence-electron chi connectivity index (χ2n) is 17.6. The first-order chi connectivity index (χ1) is 31.5. The highest BCUT2D eigenvalue weighted by atomic mass is 15.1. The Morgan fingerprint density at radius 3 is 1.59 bits per heavy atom. The zero-order chi connectivity index (χ0) is 42.8. The highest BCUT2D eigenvalue weighted by Crippen LogP contribution is 2.53. The number of anilines is 3. The maximum Gasteiger partial charge on any atom is 0.0546 e. The zero-order valence-corrected chi connectivity index (χ0v) is 36.0. The van der Waals surface area contributed by atoms with Gasteiger partial charge in [-0.15, -0.1) is 0 Å². The van der Waals surface area contributed by atoms with Crippen LogP contribution in [-0.2, 0) is 5.41 Å². The summed E-state index contributed by atoms with van der Waals surface area (Å²) in [5, 5.41) is 7.50. The van der Waals surface area contributed by atoms with Crippen molar-refractivity contribution in [1.82, 2.24) is 0 Å². The third-order valence-electron chi connectivity index (χ3n) is 13.7. The molecule has 0 fully saturated rings. The Morgan fingerprint density at radius 2 is 0.828 bits per heavy atom. The van der Waals surface area contributed by atoms with Crippen molar-refractivity contribution in [1.29, 1.82) is 0 Å². The van der Waals surface area contributed by atoms with Crippen molar-refractivity contribution < 1.29 is 0 Å². The van der Waals surface area contributed by atoms with Crippen LogP contribution in [0.25, 0.3) is 88.0 Å². The molecule has 0 saturated carbocycles. The lowest BCUT2D eigenvalue weighted by atomic mass is 9.82. The number of nitrogens with zero attached hydrogens (tertiary/aromatic N) is 1. The molecule has 0 unspecified atom stereocenters. The first-order valence-corrected chi connectivity index (χ1v) is 22.3. The first-order valence-electron chi connectivity index (χ1n) is 22.3. The molecule has 0 saturated heterocycles. The Morgan fingerprint density at radius 1 is 0.281 bits per heavy atom. The predicted molar refractivity (Wildman–Crippen MR) is 273 cm³/mol. The van der Waals surface area contributed by atoms with Gasteiger partial charge in [0.2, 0.25) is 0 Å². The van der Waals surface area contributed by atoms with Crippen LogP contribution in [0.2, 0.25) is 0 Å². The topological polar surface area (TPSA) is 3.24 Å². The average Bonchev–Trinajstić information content (AvgIpc) is 3.59.